The quantitative estimate of drug-likeness (QED) is 0.867. The van der Waals surface area contributed by atoms with Gasteiger partial charge in [-0.05, 0) is 39.2 Å². The van der Waals surface area contributed by atoms with Gasteiger partial charge in [0.1, 0.15) is 0 Å². The van der Waals surface area contributed by atoms with E-state index in [4.69, 9.17) is 0 Å². The molecule has 110 valence electrons. The Bertz CT molecular complexity index is 456. The third-order valence-corrected chi connectivity index (χ3v) is 3.85. The maximum absolute atomic E-state index is 12.4. The van der Waals surface area contributed by atoms with Crippen molar-refractivity contribution in [3.8, 4) is 0 Å². The highest BCUT2D eigenvalue weighted by Gasteiger charge is 2.26. The second-order valence-corrected chi connectivity index (χ2v) is 6.08. The fraction of sp³-hybridized carbons (Fsp3) is 0.588. The van der Waals surface area contributed by atoms with Crippen molar-refractivity contribution in [2.75, 3.05) is 6.54 Å². The number of nitrogens with zero attached hydrogens (tertiary/aromatic N) is 1. The summed E-state index contributed by atoms with van der Waals surface area (Å²) in [5, 5.41) is 3.04. The predicted octanol–water partition coefficient (Wildman–Crippen LogP) is 4.03. The van der Waals surface area contributed by atoms with Gasteiger partial charge in [-0.25, -0.2) is 4.79 Å². The minimum Gasteiger partial charge on any atom is -0.336 e. The third kappa shape index (κ3) is 3.75. The number of benzene rings is 1. The molecule has 1 atom stereocenters. The van der Waals surface area contributed by atoms with Crippen LogP contribution in [0.15, 0.2) is 24.3 Å². The van der Waals surface area contributed by atoms with Gasteiger partial charge in [0, 0.05) is 12.6 Å². The van der Waals surface area contributed by atoms with E-state index in [0.717, 1.165) is 19.4 Å². The number of urea groups is 1. The molecular formula is C17H26N2O. The molecule has 1 fully saturated rings. The minimum absolute atomic E-state index is 0.0772. The minimum atomic E-state index is 0.0772. The summed E-state index contributed by atoms with van der Waals surface area (Å²) >= 11 is 0. The maximum atomic E-state index is 12.4. The molecule has 0 aromatic heterocycles. The highest BCUT2D eigenvalue weighted by Crippen LogP contribution is 2.30. The van der Waals surface area contributed by atoms with Crippen molar-refractivity contribution in [1.29, 1.82) is 0 Å². The molecule has 0 saturated carbocycles. The second-order valence-electron chi connectivity index (χ2n) is 6.08. The van der Waals surface area contributed by atoms with E-state index < -0.39 is 0 Å². The molecule has 1 aliphatic rings. The van der Waals surface area contributed by atoms with E-state index in [1.807, 2.05) is 18.7 Å². The summed E-state index contributed by atoms with van der Waals surface area (Å²) in [6.45, 7) is 6.99. The van der Waals surface area contributed by atoms with Gasteiger partial charge in [-0.1, -0.05) is 42.7 Å². The number of likely N-dealkylation sites (tertiary alicyclic amines) is 1. The van der Waals surface area contributed by atoms with Crippen LogP contribution in [0.2, 0.25) is 0 Å². The molecule has 1 N–H and O–H groups in total. The Kier molecular flexibility index (Phi) is 5.05. The summed E-state index contributed by atoms with van der Waals surface area (Å²) < 4.78 is 0. The highest BCUT2D eigenvalue weighted by molar-refractivity contribution is 5.75. The van der Waals surface area contributed by atoms with E-state index in [2.05, 4.69) is 36.5 Å². The van der Waals surface area contributed by atoms with Crippen LogP contribution < -0.4 is 5.32 Å². The Labute approximate surface area is 122 Å². The number of hydrogen-bond donors (Lipinski definition) is 1. The van der Waals surface area contributed by atoms with E-state index in [1.165, 1.54) is 24.0 Å². The average molecular weight is 274 g/mol. The zero-order chi connectivity index (χ0) is 14.5. The SMILES string of the molecule is Cc1cccc(C2CCCCCN2C(=O)NC(C)C)c1. The number of amides is 2. The first-order valence-corrected chi connectivity index (χ1v) is 7.71. The number of nitrogens with one attached hydrogen (secondary N) is 1. The van der Waals surface area contributed by atoms with Gasteiger partial charge in [-0.15, -0.1) is 0 Å². The van der Waals surface area contributed by atoms with Gasteiger partial charge in [0.2, 0.25) is 0 Å². The smallest absolute Gasteiger partial charge is 0.318 e. The van der Waals surface area contributed by atoms with E-state index >= 15 is 0 Å². The van der Waals surface area contributed by atoms with Crippen molar-refractivity contribution in [3.63, 3.8) is 0 Å². The number of hydrogen-bond acceptors (Lipinski definition) is 1. The van der Waals surface area contributed by atoms with Gasteiger partial charge < -0.3 is 10.2 Å². The van der Waals surface area contributed by atoms with Crippen LogP contribution in [0.5, 0.6) is 0 Å². The van der Waals surface area contributed by atoms with Crippen molar-refractivity contribution < 1.29 is 4.79 Å². The van der Waals surface area contributed by atoms with Gasteiger partial charge in [0.15, 0.2) is 0 Å². The fourth-order valence-electron chi connectivity index (χ4n) is 2.91. The molecule has 2 amide bonds. The Morgan fingerprint density at radius 2 is 2.10 bits per heavy atom. The Morgan fingerprint density at radius 3 is 2.80 bits per heavy atom. The molecule has 0 bridgehead atoms. The van der Waals surface area contributed by atoms with Crippen LogP contribution in [0.3, 0.4) is 0 Å². The molecule has 1 aliphatic heterocycles. The molecule has 3 heteroatoms. The lowest BCUT2D eigenvalue weighted by Crippen LogP contribution is -2.44. The summed E-state index contributed by atoms with van der Waals surface area (Å²) in [7, 11) is 0. The zero-order valence-corrected chi connectivity index (χ0v) is 12.9. The molecule has 0 spiro atoms. The second kappa shape index (κ2) is 6.78. The van der Waals surface area contributed by atoms with Crippen LogP contribution in [0, 0.1) is 6.92 Å². The van der Waals surface area contributed by atoms with Gasteiger partial charge in [0.25, 0.3) is 0 Å². The van der Waals surface area contributed by atoms with Gasteiger partial charge in [-0.3, -0.25) is 0 Å². The van der Waals surface area contributed by atoms with Crippen LogP contribution in [0.4, 0.5) is 4.79 Å². The van der Waals surface area contributed by atoms with Crippen LogP contribution >= 0.6 is 0 Å². The molecule has 0 aliphatic carbocycles. The lowest BCUT2D eigenvalue weighted by atomic mass is 9.99. The summed E-state index contributed by atoms with van der Waals surface area (Å²) in [6, 6.07) is 9.05. The van der Waals surface area contributed by atoms with E-state index in [1.54, 1.807) is 0 Å². The molecule has 0 radical (unpaired) electrons. The van der Waals surface area contributed by atoms with Gasteiger partial charge in [-0.2, -0.15) is 0 Å². The molecule has 2 rings (SSSR count). The van der Waals surface area contributed by atoms with Crippen LogP contribution in [0.1, 0.15) is 56.7 Å². The fourth-order valence-corrected chi connectivity index (χ4v) is 2.91. The van der Waals surface area contributed by atoms with Gasteiger partial charge >= 0.3 is 6.03 Å². The first kappa shape index (κ1) is 14.9. The lowest BCUT2D eigenvalue weighted by Gasteiger charge is -2.31. The summed E-state index contributed by atoms with van der Waals surface area (Å²) in [5.41, 5.74) is 2.53. The Hall–Kier alpha value is -1.51. The number of rotatable bonds is 2. The highest BCUT2D eigenvalue weighted by atomic mass is 16.2. The monoisotopic (exact) mass is 274 g/mol. The van der Waals surface area contributed by atoms with Crippen LogP contribution in [-0.2, 0) is 0 Å². The standard InChI is InChI=1S/C17H26N2O/c1-13(2)18-17(20)19-11-6-4-5-10-16(19)15-9-7-8-14(3)12-15/h7-9,12-13,16H,4-6,10-11H2,1-3H3,(H,18,20). The molecule has 1 unspecified atom stereocenters. The zero-order valence-electron chi connectivity index (χ0n) is 12.9. The topological polar surface area (TPSA) is 32.3 Å². The van der Waals surface area contributed by atoms with Gasteiger partial charge in [0.05, 0.1) is 6.04 Å². The molecule has 1 saturated heterocycles. The maximum Gasteiger partial charge on any atom is 0.318 e. The Balaban J connectivity index is 2.23. The average Bonchev–Trinajstić information content (AvgIpc) is 2.63. The molecule has 1 aromatic carbocycles. The molecule has 1 aromatic rings. The van der Waals surface area contributed by atoms with Crippen LogP contribution in [0.25, 0.3) is 0 Å². The number of aryl methyl sites for hydroxylation is 1. The van der Waals surface area contributed by atoms with E-state index in [0.29, 0.717) is 0 Å². The first-order chi connectivity index (χ1) is 9.58. The normalized spacial score (nSPS) is 19.8. The summed E-state index contributed by atoms with van der Waals surface area (Å²) in [4.78, 5) is 14.5. The largest absolute Gasteiger partial charge is 0.336 e. The van der Waals surface area contributed by atoms with Crippen molar-refractivity contribution in [2.45, 2.75) is 58.5 Å². The number of carbonyl (C=O) groups excluding carboxylic acids is 1. The van der Waals surface area contributed by atoms with E-state index in [9.17, 15) is 4.79 Å². The molecule has 3 nitrogen and oxygen atoms in total. The van der Waals surface area contributed by atoms with Crippen molar-refractivity contribution in [2.24, 2.45) is 0 Å². The molecule has 20 heavy (non-hydrogen) atoms. The van der Waals surface area contributed by atoms with E-state index in [-0.39, 0.29) is 18.1 Å². The summed E-state index contributed by atoms with van der Waals surface area (Å²) in [5.74, 6) is 0. The molecule has 1 heterocycles. The van der Waals surface area contributed by atoms with Crippen molar-refractivity contribution in [1.82, 2.24) is 10.2 Å². The van der Waals surface area contributed by atoms with Crippen LogP contribution in [-0.4, -0.2) is 23.5 Å². The summed E-state index contributed by atoms with van der Waals surface area (Å²) in [6.07, 6.45) is 4.58. The third-order valence-electron chi connectivity index (χ3n) is 3.85. The van der Waals surface area contributed by atoms with Crippen molar-refractivity contribution in [3.05, 3.63) is 35.4 Å². The van der Waals surface area contributed by atoms with Crippen molar-refractivity contribution >= 4 is 6.03 Å². The molecular weight excluding hydrogens is 248 g/mol. The number of carbonyl (C=O) groups is 1. The Morgan fingerprint density at radius 1 is 1.30 bits per heavy atom. The lowest BCUT2D eigenvalue weighted by molar-refractivity contribution is 0.173. The first-order valence-electron chi connectivity index (χ1n) is 7.71. The predicted molar refractivity (Wildman–Crippen MR) is 82.8 cm³/mol.